The van der Waals surface area contributed by atoms with Crippen molar-refractivity contribution in [3.05, 3.63) is 28.8 Å². The van der Waals surface area contributed by atoms with Crippen LogP contribution in [0.4, 0.5) is 13.2 Å². The summed E-state index contributed by atoms with van der Waals surface area (Å²) in [6, 6.07) is 1.49. The first-order valence-corrected chi connectivity index (χ1v) is 5.96. The van der Waals surface area contributed by atoms with Gasteiger partial charge in [0.25, 0.3) is 5.92 Å². The summed E-state index contributed by atoms with van der Waals surface area (Å²) in [5, 5.41) is 0.339. The highest BCUT2D eigenvalue weighted by atomic mass is 35.5. The average molecular weight is 264 g/mol. The molecule has 0 N–H and O–H groups in total. The van der Waals surface area contributed by atoms with E-state index in [0.29, 0.717) is 10.6 Å². The second kappa shape index (κ2) is 4.48. The van der Waals surface area contributed by atoms with Crippen LogP contribution in [0.15, 0.2) is 12.3 Å². The molecule has 0 aromatic carbocycles. The zero-order valence-corrected chi connectivity index (χ0v) is 10.1. The van der Waals surface area contributed by atoms with Crippen molar-refractivity contribution in [3.8, 4) is 0 Å². The van der Waals surface area contributed by atoms with Gasteiger partial charge in [-0.25, -0.2) is 13.8 Å². The van der Waals surface area contributed by atoms with Crippen LogP contribution >= 0.6 is 11.6 Å². The minimum absolute atomic E-state index is 0.204. The first-order valence-electron chi connectivity index (χ1n) is 5.59. The number of pyridine rings is 1. The molecule has 2 atom stereocenters. The lowest BCUT2D eigenvalue weighted by atomic mass is 9.77. The van der Waals surface area contributed by atoms with Gasteiger partial charge in [-0.1, -0.05) is 18.5 Å². The van der Waals surface area contributed by atoms with E-state index in [4.69, 9.17) is 11.6 Å². The van der Waals surface area contributed by atoms with Gasteiger partial charge in [0, 0.05) is 24.1 Å². The predicted molar refractivity (Wildman–Crippen MR) is 59.9 cm³/mol. The highest BCUT2D eigenvalue weighted by Crippen LogP contribution is 2.45. The van der Waals surface area contributed by atoms with Crippen LogP contribution in [0.5, 0.6) is 0 Å². The van der Waals surface area contributed by atoms with Gasteiger partial charge < -0.3 is 0 Å². The van der Waals surface area contributed by atoms with E-state index in [1.165, 1.54) is 19.2 Å². The molecule has 0 bridgehead atoms. The van der Waals surface area contributed by atoms with E-state index < -0.39 is 17.8 Å². The fraction of sp³-hybridized carbons (Fsp3) is 0.583. The molecule has 5 heteroatoms. The smallest absolute Gasteiger partial charge is 0.227 e. The van der Waals surface area contributed by atoms with Gasteiger partial charge in [0.2, 0.25) is 5.95 Å². The number of halogens is 4. The zero-order chi connectivity index (χ0) is 12.6. The largest absolute Gasteiger partial charge is 0.250 e. The van der Waals surface area contributed by atoms with Crippen molar-refractivity contribution in [1.29, 1.82) is 0 Å². The molecule has 1 nitrogen and oxygen atoms in total. The van der Waals surface area contributed by atoms with Gasteiger partial charge in [0.15, 0.2) is 0 Å². The molecular weight excluding hydrogens is 251 g/mol. The number of nitrogens with zero attached hydrogens (tertiary/aromatic N) is 1. The Kier molecular flexibility index (Phi) is 3.34. The molecule has 0 saturated heterocycles. The normalized spacial score (nSPS) is 28.1. The standard InChI is InChI=1S/C12H13ClF3N/c1-7-4-8(2-3-12(7,15)16)10-5-9(13)6-17-11(10)14/h5-8H,2-4H2,1H3. The van der Waals surface area contributed by atoms with Gasteiger partial charge in [-0.15, -0.1) is 0 Å². The summed E-state index contributed by atoms with van der Waals surface area (Å²) in [6.45, 7) is 1.50. The molecule has 1 aromatic rings. The molecule has 17 heavy (non-hydrogen) atoms. The third-order valence-electron chi connectivity index (χ3n) is 3.46. The second-order valence-corrected chi connectivity index (χ2v) is 5.10. The summed E-state index contributed by atoms with van der Waals surface area (Å²) in [5.74, 6) is -4.19. The van der Waals surface area contributed by atoms with Crippen LogP contribution in [0.3, 0.4) is 0 Å². The summed E-state index contributed by atoms with van der Waals surface area (Å²) in [6.07, 6.45) is 1.56. The molecule has 1 saturated carbocycles. The molecule has 1 heterocycles. The molecule has 0 amide bonds. The lowest BCUT2D eigenvalue weighted by Gasteiger charge is -2.34. The van der Waals surface area contributed by atoms with Gasteiger partial charge in [-0.05, 0) is 24.8 Å². The number of alkyl halides is 2. The molecule has 2 unspecified atom stereocenters. The summed E-state index contributed by atoms with van der Waals surface area (Å²) >= 11 is 5.75. The van der Waals surface area contributed by atoms with Gasteiger partial charge >= 0.3 is 0 Å². The van der Waals surface area contributed by atoms with Gasteiger partial charge in [-0.2, -0.15) is 4.39 Å². The molecular formula is C12H13ClF3N. The number of aromatic nitrogens is 1. The molecule has 1 aliphatic carbocycles. The highest BCUT2D eigenvalue weighted by Gasteiger charge is 2.42. The van der Waals surface area contributed by atoms with Crippen LogP contribution in [0, 0.1) is 11.9 Å². The maximum absolute atomic E-state index is 13.5. The Labute approximate surface area is 103 Å². The average Bonchev–Trinajstić information content (AvgIpc) is 2.26. The van der Waals surface area contributed by atoms with Crippen LogP contribution in [-0.4, -0.2) is 10.9 Å². The molecule has 0 spiro atoms. The maximum Gasteiger partial charge on any atom is 0.250 e. The maximum atomic E-state index is 13.5. The first kappa shape index (κ1) is 12.7. The van der Waals surface area contributed by atoms with Crippen LogP contribution in [-0.2, 0) is 0 Å². The van der Waals surface area contributed by atoms with Crippen LogP contribution < -0.4 is 0 Å². The van der Waals surface area contributed by atoms with Crippen LogP contribution in [0.2, 0.25) is 5.02 Å². The number of hydrogen-bond acceptors (Lipinski definition) is 1. The summed E-state index contributed by atoms with van der Waals surface area (Å²) in [4.78, 5) is 3.53. The third-order valence-corrected chi connectivity index (χ3v) is 3.66. The van der Waals surface area contributed by atoms with Gasteiger partial charge in [0.05, 0.1) is 5.02 Å². The zero-order valence-electron chi connectivity index (χ0n) is 9.39. The molecule has 1 aliphatic rings. The highest BCUT2D eigenvalue weighted by molar-refractivity contribution is 6.30. The molecule has 94 valence electrons. The summed E-state index contributed by atoms with van der Waals surface area (Å²) in [7, 11) is 0. The van der Waals surface area contributed by atoms with E-state index in [2.05, 4.69) is 4.98 Å². The van der Waals surface area contributed by atoms with E-state index in [1.807, 2.05) is 0 Å². The van der Waals surface area contributed by atoms with Crippen molar-refractivity contribution in [2.24, 2.45) is 5.92 Å². The SMILES string of the molecule is CC1CC(c2cc(Cl)cnc2F)CCC1(F)F. The minimum Gasteiger partial charge on any atom is -0.227 e. The fourth-order valence-corrected chi connectivity index (χ4v) is 2.50. The number of rotatable bonds is 1. The van der Waals surface area contributed by atoms with Crippen molar-refractivity contribution in [2.45, 2.75) is 38.0 Å². The predicted octanol–water partition coefficient (Wildman–Crippen LogP) is 4.41. The van der Waals surface area contributed by atoms with E-state index in [0.717, 1.165) is 0 Å². The Morgan fingerprint density at radius 1 is 1.47 bits per heavy atom. The van der Waals surface area contributed by atoms with Gasteiger partial charge in [0.1, 0.15) is 0 Å². The van der Waals surface area contributed by atoms with Crippen LogP contribution in [0.1, 0.15) is 37.7 Å². The summed E-state index contributed by atoms with van der Waals surface area (Å²) < 4.78 is 40.2. The van der Waals surface area contributed by atoms with Crippen molar-refractivity contribution in [3.63, 3.8) is 0 Å². The van der Waals surface area contributed by atoms with Gasteiger partial charge in [-0.3, -0.25) is 0 Å². The number of hydrogen-bond donors (Lipinski definition) is 0. The Bertz CT molecular complexity index is 422. The lowest BCUT2D eigenvalue weighted by Crippen LogP contribution is -2.32. The first-order chi connectivity index (χ1) is 7.90. The lowest BCUT2D eigenvalue weighted by molar-refractivity contribution is -0.0832. The van der Waals surface area contributed by atoms with E-state index in [9.17, 15) is 13.2 Å². The van der Waals surface area contributed by atoms with Crippen molar-refractivity contribution in [2.75, 3.05) is 0 Å². The van der Waals surface area contributed by atoms with Crippen molar-refractivity contribution in [1.82, 2.24) is 4.98 Å². The third kappa shape index (κ3) is 2.57. The topological polar surface area (TPSA) is 12.9 Å². The Morgan fingerprint density at radius 3 is 2.82 bits per heavy atom. The quantitative estimate of drug-likeness (QED) is 0.684. The van der Waals surface area contributed by atoms with Crippen molar-refractivity contribution >= 4 is 11.6 Å². The van der Waals surface area contributed by atoms with Crippen molar-refractivity contribution < 1.29 is 13.2 Å². The monoisotopic (exact) mass is 263 g/mol. The Balaban J connectivity index is 2.22. The van der Waals surface area contributed by atoms with E-state index in [1.54, 1.807) is 0 Å². The second-order valence-electron chi connectivity index (χ2n) is 4.67. The van der Waals surface area contributed by atoms with E-state index in [-0.39, 0.29) is 25.2 Å². The molecule has 2 rings (SSSR count). The Morgan fingerprint density at radius 2 is 2.18 bits per heavy atom. The summed E-state index contributed by atoms with van der Waals surface area (Å²) in [5.41, 5.74) is 0.361. The molecule has 0 radical (unpaired) electrons. The molecule has 1 aromatic heterocycles. The Hall–Kier alpha value is -0.770. The van der Waals surface area contributed by atoms with E-state index >= 15 is 0 Å². The minimum atomic E-state index is -2.64. The molecule has 0 aliphatic heterocycles. The molecule has 1 fully saturated rings. The fourth-order valence-electron chi connectivity index (χ4n) is 2.34. The van der Waals surface area contributed by atoms with Crippen LogP contribution in [0.25, 0.3) is 0 Å².